The van der Waals surface area contributed by atoms with Crippen LogP contribution in [0.5, 0.6) is 0 Å². The standard InChI is InChI=1S/C17H16ClN3OS/c1-11-14-5-7-23-16(14)4-6-21(11)10-17(22)20-13-3-2-12(9-19)15(18)8-13/h2-3,5,7-8,11H,4,6,10H2,1H3,(H,20,22)/t11-/m1/s1. The highest BCUT2D eigenvalue weighted by Gasteiger charge is 2.26. The monoisotopic (exact) mass is 345 g/mol. The summed E-state index contributed by atoms with van der Waals surface area (Å²) in [5.74, 6) is -0.0729. The van der Waals surface area contributed by atoms with Gasteiger partial charge in [-0.2, -0.15) is 5.26 Å². The molecule has 1 aromatic heterocycles. The highest BCUT2D eigenvalue weighted by atomic mass is 35.5. The molecule has 0 spiro atoms. The summed E-state index contributed by atoms with van der Waals surface area (Å²) in [4.78, 5) is 15.9. The number of nitrogens with one attached hydrogen (secondary N) is 1. The van der Waals surface area contributed by atoms with E-state index in [9.17, 15) is 4.79 Å². The first kappa shape index (κ1) is 16.0. The molecule has 2 heterocycles. The predicted octanol–water partition coefficient (Wildman–Crippen LogP) is 3.83. The van der Waals surface area contributed by atoms with Crippen molar-refractivity contribution in [3.63, 3.8) is 0 Å². The molecule has 1 aliphatic rings. The molecule has 23 heavy (non-hydrogen) atoms. The number of hydrogen-bond acceptors (Lipinski definition) is 4. The van der Waals surface area contributed by atoms with Gasteiger partial charge in [0.2, 0.25) is 5.91 Å². The van der Waals surface area contributed by atoms with Crippen molar-refractivity contribution in [1.82, 2.24) is 4.90 Å². The molecule has 0 unspecified atom stereocenters. The Labute approximate surface area is 144 Å². The molecule has 1 amide bonds. The van der Waals surface area contributed by atoms with E-state index in [1.807, 2.05) is 6.07 Å². The molecule has 1 aliphatic heterocycles. The van der Waals surface area contributed by atoms with Gasteiger partial charge in [0.25, 0.3) is 0 Å². The smallest absolute Gasteiger partial charge is 0.238 e. The number of halogens is 1. The van der Waals surface area contributed by atoms with Crippen molar-refractivity contribution in [3.05, 3.63) is 50.7 Å². The lowest BCUT2D eigenvalue weighted by Crippen LogP contribution is -2.39. The van der Waals surface area contributed by atoms with Crippen molar-refractivity contribution < 1.29 is 4.79 Å². The number of anilines is 1. The molecule has 118 valence electrons. The summed E-state index contributed by atoms with van der Waals surface area (Å²) >= 11 is 7.78. The highest BCUT2D eigenvalue weighted by Crippen LogP contribution is 2.32. The van der Waals surface area contributed by atoms with E-state index in [4.69, 9.17) is 16.9 Å². The van der Waals surface area contributed by atoms with Crippen LogP contribution in [0.25, 0.3) is 0 Å². The molecule has 2 aromatic rings. The fourth-order valence-corrected chi connectivity index (χ4v) is 4.03. The third-order valence-corrected chi connectivity index (χ3v) is 5.43. The number of thiophene rings is 1. The summed E-state index contributed by atoms with van der Waals surface area (Å²) < 4.78 is 0. The summed E-state index contributed by atoms with van der Waals surface area (Å²) in [6.07, 6.45) is 0.993. The van der Waals surface area contributed by atoms with E-state index in [1.165, 1.54) is 10.4 Å². The summed E-state index contributed by atoms with van der Waals surface area (Å²) in [7, 11) is 0. The van der Waals surface area contributed by atoms with Gasteiger partial charge in [-0.1, -0.05) is 11.6 Å². The lowest BCUT2D eigenvalue weighted by molar-refractivity contribution is -0.117. The van der Waals surface area contributed by atoms with Crippen LogP contribution in [0.15, 0.2) is 29.6 Å². The number of amides is 1. The first-order valence-electron chi connectivity index (χ1n) is 7.38. The Bertz CT molecular complexity index is 780. The molecule has 0 saturated heterocycles. The van der Waals surface area contributed by atoms with Gasteiger partial charge in [-0.05, 0) is 48.6 Å². The van der Waals surface area contributed by atoms with Gasteiger partial charge in [0, 0.05) is 23.2 Å². The van der Waals surface area contributed by atoms with E-state index in [0.717, 1.165) is 13.0 Å². The zero-order valence-electron chi connectivity index (χ0n) is 12.7. The molecular weight excluding hydrogens is 330 g/mol. The Kier molecular flexibility index (Phi) is 4.67. The summed E-state index contributed by atoms with van der Waals surface area (Å²) in [5.41, 5.74) is 2.34. The normalized spacial score (nSPS) is 17.3. The Balaban J connectivity index is 1.64. The largest absolute Gasteiger partial charge is 0.325 e. The number of carbonyl (C=O) groups is 1. The van der Waals surface area contributed by atoms with Crippen LogP contribution in [-0.2, 0) is 11.2 Å². The second-order valence-electron chi connectivity index (χ2n) is 5.55. The molecule has 0 bridgehead atoms. The minimum atomic E-state index is -0.0729. The third kappa shape index (κ3) is 3.40. The number of fused-ring (bicyclic) bond motifs is 1. The Hall–Kier alpha value is -1.87. The van der Waals surface area contributed by atoms with Crippen LogP contribution in [0, 0.1) is 11.3 Å². The van der Waals surface area contributed by atoms with Gasteiger partial charge < -0.3 is 5.32 Å². The van der Waals surface area contributed by atoms with Crippen molar-refractivity contribution in [1.29, 1.82) is 5.26 Å². The molecule has 1 N–H and O–H groups in total. The van der Waals surface area contributed by atoms with Crippen molar-refractivity contribution in [2.75, 3.05) is 18.4 Å². The quantitative estimate of drug-likeness (QED) is 0.919. The third-order valence-electron chi connectivity index (χ3n) is 4.12. The number of hydrogen-bond donors (Lipinski definition) is 1. The van der Waals surface area contributed by atoms with Crippen LogP contribution in [0.2, 0.25) is 5.02 Å². The molecule has 0 radical (unpaired) electrons. The van der Waals surface area contributed by atoms with Crippen LogP contribution in [0.1, 0.15) is 29.0 Å². The van der Waals surface area contributed by atoms with Crippen molar-refractivity contribution in [2.45, 2.75) is 19.4 Å². The van der Waals surface area contributed by atoms with E-state index in [1.54, 1.807) is 29.5 Å². The van der Waals surface area contributed by atoms with Crippen LogP contribution in [-0.4, -0.2) is 23.9 Å². The molecule has 1 aromatic carbocycles. The van der Waals surface area contributed by atoms with Gasteiger partial charge in [0.15, 0.2) is 0 Å². The molecule has 0 aliphatic carbocycles. The fraction of sp³-hybridized carbons (Fsp3) is 0.294. The van der Waals surface area contributed by atoms with Crippen molar-refractivity contribution in [2.24, 2.45) is 0 Å². The number of rotatable bonds is 3. The van der Waals surface area contributed by atoms with E-state index in [2.05, 4.69) is 28.6 Å². The highest BCUT2D eigenvalue weighted by molar-refractivity contribution is 7.10. The van der Waals surface area contributed by atoms with E-state index >= 15 is 0 Å². The summed E-state index contributed by atoms with van der Waals surface area (Å²) in [6, 6.07) is 9.31. The first-order chi connectivity index (χ1) is 11.1. The average Bonchev–Trinajstić information content (AvgIpc) is 3.00. The SMILES string of the molecule is C[C@@H]1c2ccsc2CCN1CC(=O)Nc1ccc(C#N)c(Cl)c1. The van der Waals surface area contributed by atoms with Gasteiger partial charge in [-0.3, -0.25) is 9.69 Å². The number of nitriles is 1. The minimum Gasteiger partial charge on any atom is -0.325 e. The molecule has 0 saturated carbocycles. The second-order valence-corrected chi connectivity index (χ2v) is 6.96. The van der Waals surface area contributed by atoms with Gasteiger partial charge in [0.1, 0.15) is 6.07 Å². The molecule has 6 heteroatoms. The second kappa shape index (κ2) is 6.71. The Morgan fingerprint density at radius 1 is 1.52 bits per heavy atom. The van der Waals surface area contributed by atoms with Gasteiger partial charge in [-0.15, -0.1) is 11.3 Å². The van der Waals surface area contributed by atoms with Crippen molar-refractivity contribution in [3.8, 4) is 6.07 Å². The number of nitrogens with zero attached hydrogens (tertiary/aromatic N) is 2. The first-order valence-corrected chi connectivity index (χ1v) is 8.64. The number of benzene rings is 1. The average molecular weight is 346 g/mol. The van der Waals surface area contributed by atoms with Crippen molar-refractivity contribution >= 4 is 34.5 Å². The zero-order chi connectivity index (χ0) is 16.4. The van der Waals surface area contributed by atoms with Gasteiger partial charge in [0.05, 0.1) is 17.1 Å². The van der Waals surface area contributed by atoms with E-state index in [-0.39, 0.29) is 11.9 Å². The summed E-state index contributed by atoms with van der Waals surface area (Å²) in [5, 5.41) is 14.2. The van der Waals surface area contributed by atoms with Crippen LogP contribution in [0.4, 0.5) is 5.69 Å². The molecule has 3 rings (SSSR count). The maximum Gasteiger partial charge on any atom is 0.238 e. The van der Waals surface area contributed by atoms with Crippen LogP contribution < -0.4 is 5.32 Å². The minimum absolute atomic E-state index is 0.0729. The van der Waals surface area contributed by atoms with Gasteiger partial charge in [-0.25, -0.2) is 0 Å². The summed E-state index contributed by atoms with van der Waals surface area (Å²) in [6.45, 7) is 3.36. The predicted molar refractivity (Wildman–Crippen MR) is 92.8 cm³/mol. The maximum absolute atomic E-state index is 12.3. The molecular formula is C17H16ClN3OS. The van der Waals surface area contributed by atoms with E-state index < -0.39 is 0 Å². The lowest BCUT2D eigenvalue weighted by atomic mass is 10.0. The van der Waals surface area contributed by atoms with Crippen LogP contribution >= 0.6 is 22.9 Å². The van der Waals surface area contributed by atoms with Gasteiger partial charge >= 0.3 is 0 Å². The van der Waals surface area contributed by atoms with Crippen LogP contribution in [0.3, 0.4) is 0 Å². The fourth-order valence-electron chi connectivity index (χ4n) is 2.85. The Morgan fingerprint density at radius 3 is 3.09 bits per heavy atom. The molecule has 4 nitrogen and oxygen atoms in total. The molecule has 0 fully saturated rings. The Morgan fingerprint density at radius 2 is 2.35 bits per heavy atom. The maximum atomic E-state index is 12.3. The topological polar surface area (TPSA) is 56.1 Å². The number of carbonyl (C=O) groups excluding carboxylic acids is 1. The van der Waals surface area contributed by atoms with E-state index in [0.29, 0.717) is 22.8 Å². The molecule has 1 atom stereocenters. The zero-order valence-corrected chi connectivity index (χ0v) is 14.2. The lowest BCUT2D eigenvalue weighted by Gasteiger charge is -2.32.